The molecule has 0 bridgehead atoms. The van der Waals surface area contributed by atoms with Crippen molar-refractivity contribution in [2.75, 3.05) is 13.7 Å². The van der Waals surface area contributed by atoms with Gasteiger partial charge in [0.15, 0.2) is 12.6 Å². The number of carbonyl (C=O) groups is 1. The van der Waals surface area contributed by atoms with Crippen LogP contribution >= 0.6 is 0 Å². The van der Waals surface area contributed by atoms with E-state index in [2.05, 4.69) is 48.5 Å². The molecule has 2 saturated heterocycles. The topological polar surface area (TPSA) is 63.2 Å². The quantitative estimate of drug-likeness (QED) is 0.195. The van der Waals surface area contributed by atoms with Crippen LogP contribution in [0.15, 0.2) is 0 Å². The van der Waals surface area contributed by atoms with Crippen molar-refractivity contribution >= 4 is 5.97 Å². The van der Waals surface area contributed by atoms with Crippen LogP contribution in [-0.4, -0.2) is 50.6 Å². The summed E-state index contributed by atoms with van der Waals surface area (Å²) in [5, 5.41) is 0. The lowest BCUT2D eigenvalue weighted by atomic mass is 9.78. The monoisotopic (exact) mass is 498 g/mol. The molecular weight excluding hydrogens is 444 g/mol. The molecule has 0 amide bonds. The summed E-state index contributed by atoms with van der Waals surface area (Å²) >= 11 is 0. The molecule has 0 N–H and O–H groups in total. The van der Waals surface area contributed by atoms with Gasteiger partial charge in [0.2, 0.25) is 0 Å². The van der Waals surface area contributed by atoms with Crippen molar-refractivity contribution in [1.29, 1.82) is 0 Å². The first kappa shape index (κ1) is 30.5. The molecule has 0 saturated carbocycles. The molecule has 2 heterocycles. The first-order valence-corrected chi connectivity index (χ1v) is 14.4. The Hall–Kier alpha value is -0.690. The fourth-order valence-corrected chi connectivity index (χ4v) is 5.69. The minimum Gasteiger partial charge on any atom is -0.469 e. The molecule has 6 heteroatoms. The van der Waals surface area contributed by atoms with Crippen LogP contribution in [0.4, 0.5) is 0 Å². The highest BCUT2D eigenvalue weighted by atomic mass is 16.7. The molecule has 2 aliphatic rings. The summed E-state index contributed by atoms with van der Waals surface area (Å²) in [7, 11) is 1.45. The zero-order valence-corrected chi connectivity index (χ0v) is 23.8. The first-order chi connectivity index (χ1) is 16.7. The molecular formula is C29H54O6. The molecule has 0 aromatic rings. The Morgan fingerprint density at radius 2 is 1.23 bits per heavy atom. The van der Waals surface area contributed by atoms with Crippen LogP contribution in [0.25, 0.3) is 0 Å². The summed E-state index contributed by atoms with van der Waals surface area (Å²) in [6, 6.07) is 0. The lowest BCUT2D eigenvalue weighted by Gasteiger charge is -2.49. The first-order valence-electron chi connectivity index (χ1n) is 14.4. The predicted molar refractivity (Wildman–Crippen MR) is 139 cm³/mol. The summed E-state index contributed by atoms with van der Waals surface area (Å²) in [5.41, 5.74) is 0. The molecule has 0 aromatic carbocycles. The Morgan fingerprint density at radius 1 is 0.686 bits per heavy atom. The third kappa shape index (κ3) is 8.69. The van der Waals surface area contributed by atoms with Crippen molar-refractivity contribution in [2.45, 2.75) is 137 Å². The number of hydrogen-bond donors (Lipinski definition) is 0. The Morgan fingerprint density at radius 3 is 1.83 bits per heavy atom. The average molecular weight is 499 g/mol. The third-order valence-electron chi connectivity index (χ3n) is 8.88. The van der Waals surface area contributed by atoms with Crippen LogP contribution < -0.4 is 0 Å². The minimum absolute atomic E-state index is 0.112. The van der Waals surface area contributed by atoms with Crippen molar-refractivity contribution in [3.63, 3.8) is 0 Å². The van der Waals surface area contributed by atoms with Gasteiger partial charge in [0, 0.05) is 18.9 Å². The summed E-state index contributed by atoms with van der Waals surface area (Å²) in [6.07, 6.45) is 8.64. The largest absolute Gasteiger partial charge is 0.469 e. The van der Waals surface area contributed by atoms with Crippen LogP contribution in [0, 0.1) is 29.6 Å². The van der Waals surface area contributed by atoms with Crippen molar-refractivity contribution in [3.8, 4) is 0 Å². The number of carbonyl (C=O) groups excluding carboxylic acids is 1. The number of unbranched alkanes of at least 4 members (excludes halogenated alkanes) is 5. The van der Waals surface area contributed by atoms with Gasteiger partial charge in [-0.25, -0.2) is 0 Å². The number of rotatable bonds is 14. The van der Waals surface area contributed by atoms with E-state index >= 15 is 0 Å². The zero-order chi connectivity index (χ0) is 26.0. The smallest absolute Gasteiger partial charge is 0.305 e. The molecule has 10 atom stereocenters. The molecule has 2 aliphatic heterocycles. The molecule has 0 aromatic heterocycles. The van der Waals surface area contributed by atoms with Crippen LogP contribution in [-0.2, 0) is 28.5 Å². The standard InChI is InChI=1S/C29H54O6/c1-9-24-20(4)19(3)23(7)28(33-24)35-27-22(6)21(5)25(10-2)34-29(27)32-18-16-14-12-11-13-15-17-26(30)31-8/h19-25,27-29H,9-18H2,1-8H3/t19-,20-,21-,22-,23?,24?,25?,27?,28+,29-/m0/s1. The van der Waals surface area contributed by atoms with Gasteiger partial charge in [-0.05, 0) is 49.4 Å². The predicted octanol–water partition coefficient (Wildman–Crippen LogP) is 6.74. The van der Waals surface area contributed by atoms with Gasteiger partial charge >= 0.3 is 5.97 Å². The van der Waals surface area contributed by atoms with Gasteiger partial charge < -0.3 is 23.7 Å². The average Bonchev–Trinajstić information content (AvgIpc) is 2.86. The Kier molecular flexibility index (Phi) is 13.6. The second kappa shape index (κ2) is 15.5. The Labute approximate surface area is 215 Å². The van der Waals surface area contributed by atoms with E-state index in [9.17, 15) is 4.79 Å². The molecule has 35 heavy (non-hydrogen) atoms. The van der Waals surface area contributed by atoms with Crippen LogP contribution in [0.5, 0.6) is 0 Å². The highest BCUT2D eigenvalue weighted by Crippen LogP contribution is 2.40. The fraction of sp³-hybridized carbons (Fsp3) is 0.966. The number of esters is 1. The van der Waals surface area contributed by atoms with E-state index in [1.807, 2.05) is 0 Å². The van der Waals surface area contributed by atoms with E-state index in [1.54, 1.807) is 0 Å². The summed E-state index contributed by atoms with van der Waals surface area (Å²) in [4.78, 5) is 11.2. The highest BCUT2D eigenvalue weighted by molar-refractivity contribution is 5.68. The third-order valence-corrected chi connectivity index (χ3v) is 8.88. The molecule has 2 rings (SSSR count). The normalized spacial score (nSPS) is 37.8. The maximum Gasteiger partial charge on any atom is 0.305 e. The molecule has 0 radical (unpaired) electrons. The lowest BCUT2D eigenvalue weighted by molar-refractivity contribution is -0.337. The molecule has 6 nitrogen and oxygen atoms in total. The van der Waals surface area contributed by atoms with E-state index in [-0.39, 0.29) is 36.9 Å². The molecule has 206 valence electrons. The van der Waals surface area contributed by atoms with Gasteiger partial charge in [-0.2, -0.15) is 0 Å². The van der Waals surface area contributed by atoms with E-state index in [1.165, 1.54) is 7.11 Å². The SMILES string of the molecule is CCC1O[C@H](OC2[C@@H](OCCCCCCCCC(=O)OC)OC(CC)[C@@H](C)[C@@H]2C)C(C)[C@@H](C)[C@@H]1C. The van der Waals surface area contributed by atoms with E-state index < -0.39 is 0 Å². The van der Waals surface area contributed by atoms with E-state index in [4.69, 9.17) is 23.7 Å². The highest BCUT2D eigenvalue weighted by Gasteiger charge is 2.46. The summed E-state index contributed by atoms with van der Waals surface area (Å²) in [5.74, 6) is 2.04. The fourth-order valence-electron chi connectivity index (χ4n) is 5.69. The van der Waals surface area contributed by atoms with Gasteiger partial charge in [0.1, 0.15) is 6.10 Å². The number of methoxy groups -OCH3 is 1. The van der Waals surface area contributed by atoms with Crippen LogP contribution in [0.2, 0.25) is 0 Å². The second-order valence-corrected chi connectivity index (χ2v) is 11.1. The van der Waals surface area contributed by atoms with E-state index in [0.717, 1.165) is 51.4 Å². The molecule has 0 aliphatic carbocycles. The van der Waals surface area contributed by atoms with Crippen molar-refractivity contribution < 1.29 is 28.5 Å². The van der Waals surface area contributed by atoms with Gasteiger partial charge in [-0.1, -0.05) is 74.1 Å². The summed E-state index contributed by atoms with van der Waals surface area (Å²) in [6.45, 7) is 16.5. The van der Waals surface area contributed by atoms with Crippen molar-refractivity contribution in [3.05, 3.63) is 0 Å². The van der Waals surface area contributed by atoms with E-state index in [0.29, 0.717) is 42.6 Å². The van der Waals surface area contributed by atoms with Gasteiger partial charge in [-0.3, -0.25) is 4.79 Å². The molecule has 4 unspecified atom stereocenters. The summed E-state index contributed by atoms with van der Waals surface area (Å²) < 4.78 is 30.7. The van der Waals surface area contributed by atoms with Gasteiger partial charge in [-0.15, -0.1) is 0 Å². The number of ether oxygens (including phenoxy) is 5. The van der Waals surface area contributed by atoms with Gasteiger partial charge in [0.25, 0.3) is 0 Å². The van der Waals surface area contributed by atoms with Crippen LogP contribution in [0.3, 0.4) is 0 Å². The lowest BCUT2D eigenvalue weighted by Crippen LogP contribution is -2.55. The maximum atomic E-state index is 11.2. The van der Waals surface area contributed by atoms with Crippen molar-refractivity contribution in [1.82, 2.24) is 0 Å². The van der Waals surface area contributed by atoms with Crippen LogP contribution in [0.1, 0.15) is 106 Å². The number of hydrogen-bond acceptors (Lipinski definition) is 6. The maximum absolute atomic E-state index is 11.2. The zero-order valence-electron chi connectivity index (χ0n) is 23.8. The van der Waals surface area contributed by atoms with Crippen molar-refractivity contribution in [2.24, 2.45) is 29.6 Å². The molecule has 0 spiro atoms. The minimum atomic E-state index is -0.350. The van der Waals surface area contributed by atoms with Gasteiger partial charge in [0.05, 0.1) is 19.3 Å². The Bertz CT molecular complexity index is 596. The Balaban J connectivity index is 1.86. The second-order valence-electron chi connectivity index (χ2n) is 11.1. The molecule has 2 fully saturated rings.